The van der Waals surface area contributed by atoms with Crippen molar-refractivity contribution >= 4 is 11.6 Å². The van der Waals surface area contributed by atoms with Crippen molar-refractivity contribution in [2.24, 2.45) is 0 Å². The fourth-order valence-electron chi connectivity index (χ4n) is 3.44. The molecule has 0 bridgehead atoms. The first-order valence-corrected chi connectivity index (χ1v) is 10.3. The zero-order chi connectivity index (χ0) is 21.5. The SMILES string of the molecule is O=C(CCCn1nc(-c2ccccc2)ccc1=O)Nc1ccccc1-c1ccccc1. The number of para-hydroxylation sites is 1. The molecule has 0 spiro atoms. The molecule has 0 aliphatic heterocycles. The first-order chi connectivity index (χ1) is 15.2. The summed E-state index contributed by atoms with van der Waals surface area (Å²) in [6.45, 7) is 0.382. The molecule has 3 aromatic carbocycles. The summed E-state index contributed by atoms with van der Waals surface area (Å²) in [5, 5.41) is 7.45. The highest BCUT2D eigenvalue weighted by atomic mass is 16.1. The second-order valence-electron chi connectivity index (χ2n) is 7.21. The van der Waals surface area contributed by atoms with E-state index in [4.69, 9.17) is 0 Å². The quantitative estimate of drug-likeness (QED) is 0.467. The molecule has 0 aliphatic rings. The van der Waals surface area contributed by atoms with Crippen LogP contribution in [0.25, 0.3) is 22.4 Å². The smallest absolute Gasteiger partial charge is 0.266 e. The summed E-state index contributed by atoms with van der Waals surface area (Å²) in [6.07, 6.45) is 0.817. The van der Waals surface area contributed by atoms with Gasteiger partial charge in [-0.05, 0) is 24.1 Å². The molecule has 154 valence electrons. The number of aromatic nitrogens is 2. The minimum absolute atomic E-state index is 0.0874. The van der Waals surface area contributed by atoms with Crippen molar-refractivity contribution in [3.63, 3.8) is 0 Å². The molecule has 4 aromatic rings. The van der Waals surface area contributed by atoms with Gasteiger partial charge in [-0.1, -0.05) is 78.9 Å². The lowest BCUT2D eigenvalue weighted by Crippen LogP contribution is -2.23. The van der Waals surface area contributed by atoms with E-state index >= 15 is 0 Å². The summed E-state index contributed by atoms with van der Waals surface area (Å²) < 4.78 is 1.42. The predicted octanol–water partition coefficient (Wildman–Crippen LogP) is 5.00. The molecule has 0 aliphatic carbocycles. The van der Waals surface area contributed by atoms with Crippen molar-refractivity contribution < 1.29 is 4.79 Å². The second kappa shape index (κ2) is 9.67. The average molecular weight is 409 g/mol. The van der Waals surface area contributed by atoms with Gasteiger partial charge in [0.25, 0.3) is 5.56 Å². The van der Waals surface area contributed by atoms with Gasteiger partial charge in [0.15, 0.2) is 0 Å². The summed E-state index contributed by atoms with van der Waals surface area (Å²) >= 11 is 0. The Labute approximate surface area is 181 Å². The molecule has 1 heterocycles. The normalized spacial score (nSPS) is 10.6. The molecule has 1 N–H and O–H groups in total. The van der Waals surface area contributed by atoms with Crippen molar-refractivity contribution in [1.29, 1.82) is 0 Å². The maximum Gasteiger partial charge on any atom is 0.266 e. The Balaban J connectivity index is 1.39. The lowest BCUT2D eigenvalue weighted by Gasteiger charge is -2.12. The largest absolute Gasteiger partial charge is 0.326 e. The molecule has 5 heteroatoms. The summed E-state index contributed by atoms with van der Waals surface area (Å²) in [6, 6.07) is 30.7. The number of carbonyl (C=O) groups is 1. The van der Waals surface area contributed by atoms with E-state index in [1.165, 1.54) is 10.7 Å². The van der Waals surface area contributed by atoms with Gasteiger partial charge in [-0.3, -0.25) is 9.59 Å². The molecule has 0 saturated heterocycles. The standard InChI is InChI=1S/C26H23N3O2/c30-25(27-24-15-8-7-14-22(24)20-10-3-1-4-11-20)16-9-19-29-26(31)18-17-23(28-29)21-12-5-2-6-13-21/h1-8,10-15,17-18H,9,16,19H2,(H,27,30). The van der Waals surface area contributed by atoms with Crippen molar-refractivity contribution in [1.82, 2.24) is 9.78 Å². The zero-order valence-electron chi connectivity index (χ0n) is 17.1. The number of rotatable bonds is 7. The van der Waals surface area contributed by atoms with E-state index in [1.54, 1.807) is 6.07 Å². The van der Waals surface area contributed by atoms with Crippen molar-refractivity contribution in [2.75, 3.05) is 5.32 Å². The lowest BCUT2D eigenvalue weighted by molar-refractivity contribution is -0.116. The molecule has 0 saturated carbocycles. The highest BCUT2D eigenvalue weighted by Crippen LogP contribution is 2.27. The van der Waals surface area contributed by atoms with Crippen LogP contribution in [0.2, 0.25) is 0 Å². The van der Waals surface area contributed by atoms with Gasteiger partial charge in [0.2, 0.25) is 5.91 Å². The average Bonchev–Trinajstić information content (AvgIpc) is 2.82. The molecular weight excluding hydrogens is 386 g/mol. The Morgan fingerprint density at radius 2 is 1.42 bits per heavy atom. The van der Waals surface area contributed by atoms with E-state index in [1.807, 2.05) is 84.9 Å². The van der Waals surface area contributed by atoms with Crippen LogP contribution in [0.4, 0.5) is 5.69 Å². The van der Waals surface area contributed by atoms with Crippen LogP contribution in [-0.4, -0.2) is 15.7 Å². The summed E-state index contributed by atoms with van der Waals surface area (Å²) in [5.74, 6) is -0.0874. The van der Waals surface area contributed by atoms with E-state index in [0.717, 1.165) is 28.1 Å². The van der Waals surface area contributed by atoms with E-state index in [2.05, 4.69) is 10.4 Å². The fraction of sp³-hybridized carbons (Fsp3) is 0.115. The van der Waals surface area contributed by atoms with E-state index in [0.29, 0.717) is 19.4 Å². The Kier molecular flexibility index (Phi) is 6.33. The van der Waals surface area contributed by atoms with Gasteiger partial charge >= 0.3 is 0 Å². The van der Waals surface area contributed by atoms with Crippen LogP contribution in [0, 0.1) is 0 Å². The van der Waals surface area contributed by atoms with Gasteiger partial charge in [0.05, 0.1) is 5.69 Å². The monoisotopic (exact) mass is 409 g/mol. The number of anilines is 1. The Bertz CT molecular complexity index is 1220. The molecule has 1 amide bonds. The number of nitrogens with one attached hydrogen (secondary N) is 1. The highest BCUT2D eigenvalue weighted by Gasteiger charge is 2.09. The topological polar surface area (TPSA) is 64.0 Å². The summed E-state index contributed by atoms with van der Waals surface area (Å²) in [7, 11) is 0. The number of aryl methyl sites for hydroxylation is 1. The first kappa shape index (κ1) is 20.3. The molecular formula is C26H23N3O2. The number of hydrogen-bond acceptors (Lipinski definition) is 3. The van der Waals surface area contributed by atoms with Gasteiger partial charge in [0, 0.05) is 35.8 Å². The minimum Gasteiger partial charge on any atom is -0.326 e. The predicted molar refractivity (Wildman–Crippen MR) is 124 cm³/mol. The van der Waals surface area contributed by atoms with Gasteiger partial charge in [-0.2, -0.15) is 5.10 Å². The van der Waals surface area contributed by atoms with E-state index in [-0.39, 0.29) is 11.5 Å². The van der Waals surface area contributed by atoms with Crippen molar-refractivity contribution in [2.45, 2.75) is 19.4 Å². The van der Waals surface area contributed by atoms with Crippen LogP contribution in [-0.2, 0) is 11.3 Å². The van der Waals surface area contributed by atoms with Gasteiger partial charge in [-0.25, -0.2) is 4.68 Å². The fourth-order valence-corrected chi connectivity index (χ4v) is 3.44. The van der Waals surface area contributed by atoms with Crippen LogP contribution in [0.3, 0.4) is 0 Å². The van der Waals surface area contributed by atoms with Crippen molar-refractivity contribution in [3.8, 4) is 22.4 Å². The van der Waals surface area contributed by atoms with Crippen LogP contribution < -0.4 is 10.9 Å². The van der Waals surface area contributed by atoms with E-state index in [9.17, 15) is 9.59 Å². The third kappa shape index (κ3) is 5.14. The highest BCUT2D eigenvalue weighted by molar-refractivity contribution is 5.95. The maximum atomic E-state index is 12.5. The van der Waals surface area contributed by atoms with Crippen LogP contribution in [0.1, 0.15) is 12.8 Å². The molecule has 0 atom stereocenters. The lowest BCUT2D eigenvalue weighted by atomic mass is 10.0. The summed E-state index contributed by atoms with van der Waals surface area (Å²) in [5.41, 5.74) is 4.32. The Hall–Kier alpha value is -3.99. The molecule has 0 unspecified atom stereocenters. The third-order valence-corrected chi connectivity index (χ3v) is 5.00. The molecule has 4 rings (SSSR count). The van der Waals surface area contributed by atoms with Gasteiger partial charge in [0.1, 0.15) is 0 Å². The number of carbonyl (C=O) groups excluding carboxylic acids is 1. The van der Waals surface area contributed by atoms with E-state index < -0.39 is 0 Å². The summed E-state index contributed by atoms with van der Waals surface area (Å²) in [4.78, 5) is 24.7. The van der Waals surface area contributed by atoms with Crippen LogP contribution >= 0.6 is 0 Å². The third-order valence-electron chi connectivity index (χ3n) is 5.00. The maximum absolute atomic E-state index is 12.5. The molecule has 0 fully saturated rings. The van der Waals surface area contributed by atoms with Crippen molar-refractivity contribution in [3.05, 3.63) is 107 Å². The number of nitrogens with zero attached hydrogens (tertiary/aromatic N) is 2. The molecule has 1 aromatic heterocycles. The number of amides is 1. The number of benzene rings is 3. The molecule has 31 heavy (non-hydrogen) atoms. The van der Waals surface area contributed by atoms with Gasteiger partial charge in [-0.15, -0.1) is 0 Å². The van der Waals surface area contributed by atoms with Gasteiger partial charge < -0.3 is 5.32 Å². The minimum atomic E-state index is -0.172. The second-order valence-corrected chi connectivity index (χ2v) is 7.21. The first-order valence-electron chi connectivity index (χ1n) is 10.3. The van der Waals surface area contributed by atoms with Crippen LogP contribution in [0.15, 0.2) is 102 Å². The molecule has 5 nitrogen and oxygen atoms in total. The zero-order valence-corrected chi connectivity index (χ0v) is 17.1. The Morgan fingerprint density at radius 3 is 2.16 bits per heavy atom. The number of hydrogen-bond donors (Lipinski definition) is 1. The molecule has 0 radical (unpaired) electrons. The van der Waals surface area contributed by atoms with Crippen LogP contribution in [0.5, 0.6) is 0 Å². The Morgan fingerprint density at radius 1 is 0.774 bits per heavy atom.